The third-order valence-corrected chi connectivity index (χ3v) is 6.56. The summed E-state index contributed by atoms with van der Waals surface area (Å²) in [6.07, 6.45) is 1.68. The Kier molecular flexibility index (Phi) is 6.83. The Morgan fingerprint density at radius 2 is 2.00 bits per heavy atom. The summed E-state index contributed by atoms with van der Waals surface area (Å²) in [5.74, 6) is 1.74. The van der Waals surface area contributed by atoms with Crippen molar-refractivity contribution in [2.45, 2.75) is 19.9 Å². The highest BCUT2D eigenvalue weighted by Gasteiger charge is 2.35. The van der Waals surface area contributed by atoms with E-state index >= 15 is 0 Å². The molecule has 9 nitrogen and oxygen atoms in total. The van der Waals surface area contributed by atoms with E-state index in [0.29, 0.717) is 43.7 Å². The molecule has 0 saturated carbocycles. The average molecular weight is 498 g/mol. The molecule has 0 aliphatic carbocycles. The maximum absolute atomic E-state index is 13.7. The lowest BCUT2D eigenvalue weighted by Gasteiger charge is -2.26. The van der Waals surface area contributed by atoms with Crippen molar-refractivity contribution in [1.82, 2.24) is 4.57 Å². The number of carbonyl (C=O) groups is 1. The molecule has 1 aliphatic rings. The molecule has 1 atom stereocenters. The molecule has 1 aliphatic heterocycles. The second-order valence-corrected chi connectivity index (χ2v) is 8.99. The molecule has 3 heterocycles. The number of fused-ring (bicyclic) bond motifs is 1. The van der Waals surface area contributed by atoms with Gasteiger partial charge >= 0.3 is 5.97 Å². The molecule has 0 bridgehead atoms. The highest BCUT2D eigenvalue weighted by molar-refractivity contribution is 7.07. The maximum atomic E-state index is 13.7. The van der Waals surface area contributed by atoms with Gasteiger partial charge in [0.15, 0.2) is 10.7 Å². The lowest BCUT2D eigenvalue weighted by atomic mass is 9.95. The maximum Gasteiger partial charge on any atom is 0.338 e. The van der Waals surface area contributed by atoms with Gasteiger partial charge in [-0.25, -0.2) is 9.79 Å². The van der Waals surface area contributed by atoms with Crippen LogP contribution in [0.2, 0.25) is 0 Å². The number of esters is 1. The van der Waals surface area contributed by atoms with Crippen LogP contribution in [-0.4, -0.2) is 45.5 Å². The monoisotopic (exact) mass is 497 g/mol. The van der Waals surface area contributed by atoms with Crippen LogP contribution < -0.4 is 29.3 Å². The number of benzene rings is 1. The third kappa shape index (κ3) is 4.49. The lowest BCUT2D eigenvalue weighted by Crippen LogP contribution is -2.40. The first-order valence-electron chi connectivity index (χ1n) is 11.0. The summed E-state index contributed by atoms with van der Waals surface area (Å²) in [5.41, 5.74) is 1.08. The molecule has 3 aromatic rings. The molecule has 0 fully saturated rings. The first-order valence-corrected chi connectivity index (χ1v) is 11.8. The molecule has 2 aromatic heterocycles. The Morgan fingerprint density at radius 1 is 1.23 bits per heavy atom. The Morgan fingerprint density at radius 3 is 2.63 bits per heavy atom. The molecule has 4 rings (SSSR count). The summed E-state index contributed by atoms with van der Waals surface area (Å²) < 4.78 is 24.0. The van der Waals surface area contributed by atoms with E-state index in [4.69, 9.17) is 18.6 Å². The van der Waals surface area contributed by atoms with Gasteiger partial charge < -0.3 is 23.5 Å². The minimum atomic E-state index is -0.790. The van der Waals surface area contributed by atoms with Gasteiger partial charge in [0, 0.05) is 37.9 Å². The molecule has 0 radical (unpaired) electrons. The Balaban J connectivity index is 1.96. The van der Waals surface area contributed by atoms with Crippen LogP contribution in [0.15, 0.2) is 55.8 Å². The van der Waals surface area contributed by atoms with Crippen molar-refractivity contribution >= 4 is 29.3 Å². The fourth-order valence-electron chi connectivity index (χ4n) is 3.92. The van der Waals surface area contributed by atoms with Crippen LogP contribution in [0.1, 0.15) is 31.2 Å². The number of allylic oxidation sites excluding steroid dienone is 1. The van der Waals surface area contributed by atoms with Crippen LogP contribution in [-0.2, 0) is 9.53 Å². The molecule has 0 amide bonds. The molecule has 184 valence electrons. The predicted octanol–water partition coefficient (Wildman–Crippen LogP) is 2.47. The molecule has 0 unspecified atom stereocenters. The molecule has 10 heteroatoms. The van der Waals surface area contributed by atoms with Crippen molar-refractivity contribution in [3.63, 3.8) is 0 Å². The van der Waals surface area contributed by atoms with Crippen molar-refractivity contribution in [1.29, 1.82) is 0 Å². The number of furan rings is 1. The van der Waals surface area contributed by atoms with Crippen molar-refractivity contribution in [3.8, 4) is 11.5 Å². The number of methoxy groups -OCH3 is 2. The number of rotatable bonds is 7. The SMILES string of the molecule is CCOC(=O)C1=C(C)N=c2s/c(=C\c3ccc(N(C)C)o3)c(=O)n2[C@@H]1c1ccc(OC)cc1OC. The highest BCUT2D eigenvalue weighted by Crippen LogP contribution is 2.37. The zero-order chi connectivity index (χ0) is 25.3. The largest absolute Gasteiger partial charge is 0.497 e. The van der Waals surface area contributed by atoms with Gasteiger partial charge in [-0.2, -0.15) is 0 Å². The number of nitrogens with zero attached hydrogens (tertiary/aromatic N) is 3. The number of ether oxygens (including phenoxy) is 3. The van der Waals surface area contributed by atoms with E-state index < -0.39 is 12.0 Å². The van der Waals surface area contributed by atoms with Gasteiger partial charge in [0.2, 0.25) is 0 Å². The van der Waals surface area contributed by atoms with E-state index in [0.717, 1.165) is 0 Å². The number of hydrogen-bond donors (Lipinski definition) is 0. The third-order valence-electron chi connectivity index (χ3n) is 5.58. The van der Waals surface area contributed by atoms with Crippen LogP contribution in [0.5, 0.6) is 11.5 Å². The second-order valence-electron chi connectivity index (χ2n) is 7.98. The minimum absolute atomic E-state index is 0.194. The molecule has 0 spiro atoms. The summed E-state index contributed by atoms with van der Waals surface area (Å²) >= 11 is 1.23. The summed E-state index contributed by atoms with van der Waals surface area (Å²) in [6, 6.07) is 8.10. The zero-order valence-corrected chi connectivity index (χ0v) is 21.3. The van der Waals surface area contributed by atoms with E-state index in [2.05, 4.69) is 4.99 Å². The van der Waals surface area contributed by atoms with Crippen LogP contribution >= 0.6 is 11.3 Å². The van der Waals surface area contributed by atoms with Gasteiger partial charge in [0.1, 0.15) is 23.3 Å². The van der Waals surface area contributed by atoms with E-state index in [1.165, 1.54) is 23.0 Å². The first kappa shape index (κ1) is 24.3. The van der Waals surface area contributed by atoms with Gasteiger partial charge in [-0.1, -0.05) is 11.3 Å². The van der Waals surface area contributed by atoms with E-state index in [-0.39, 0.29) is 17.7 Å². The van der Waals surface area contributed by atoms with Crippen molar-refractivity contribution in [3.05, 3.63) is 72.6 Å². The summed E-state index contributed by atoms with van der Waals surface area (Å²) in [4.78, 5) is 33.6. The van der Waals surface area contributed by atoms with Crippen molar-refractivity contribution in [2.75, 3.05) is 39.8 Å². The van der Waals surface area contributed by atoms with E-state index in [9.17, 15) is 9.59 Å². The number of thiazole rings is 1. The standard InChI is InChI=1S/C25H27N3O6S/c1-7-33-24(30)21-14(2)26-25-28(22(21)17-10-8-15(31-5)12-18(17)32-6)23(29)19(35-25)13-16-9-11-20(34-16)27(3)4/h8-13,22H,7H2,1-6H3/b19-13-/t22-/m1/s1. The van der Waals surface area contributed by atoms with Crippen LogP contribution in [0.4, 0.5) is 5.88 Å². The summed E-state index contributed by atoms with van der Waals surface area (Å²) in [6.45, 7) is 3.67. The lowest BCUT2D eigenvalue weighted by molar-refractivity contribution is -0.139. The second kappa shape index (κ2) is 9.83. The summed E-state index contributed by atoms with van der Waals surface area (Å²) in [7, 11) is 6.83. The normalized spacial score (nSPS) is 15.5. The van der Waals surface area contributed by atoms with Crippen LogP contribution in [0, 0.1) is 0 Å². The van der Waals surface area contributed by atoms with Gasteiger partial charge in [-0.15, -0.1) is 0 Å². The Labute approximate surface area is 206 Å². The zero-order valence-electron chi connectivity index (χ0n) is 20.4. The molecule has 35 heavy (non-hydrogen) atoms. The molecular formula is C25H27N3O6S. The molecular weight excluding hydrogens is 470 g/mol. The van der Waals surface area contributed by atoms with Crippen molar-refractivity contribution in [2.24, 2.45) is 4.99 Å². The van der Waals surface area contributed by atoms with Crippen LogP contribution in [0.25, 0.3) is 6.08 Å². The molecule has 1 aromatic carbocycles. The van der Waals surface area contributed by atoms with Gasteiger partial charge in [0.05, 0.1) is 36.6 Å². The van der Waals surface area contributed by atoms with Gasteiger partial charge in [-0.3, -0.25) is 9.36 Å². The molecule has 0 saturated heterocycles. The quantitative estimate of drug-likeness (QED) is 0.463. The van der Waals surface area contributed by atoms with Gasteiger partial charge in [-0.05, 0) is 32.0 Å². The number of carbonyl (C=O) groups excluding carboxylic acids is 1. The van der Waals surface area contributed by atoms with E-state index in [1.807, 2.05) is 25.1 Å². The number of hydrogen-bond acceptors (Lipinski definition) is 9. The summed E-state index contributed by atoms with van der Waals surface area (Å²) in [5, 5.41) is 0. The minimum Gasteiger partial charge on any atom is -0.497 e. The number of anilines is 1. The van der Waals surface area contributed by atoms with Gasteiger partial charge in [0.25, 0.3) is 5.56 Å². The van der Waals surface area contributed by atoms with Crippen molar-refractivity contribution < 1.29 is 23.4 Å². The first-order chi connectivity index (χ1) is 16.8. The smallest absolute Gasteiger partial charge is 0.338 e. The Bertz CT molecular complexity index is 1480. The van der Waals surface area contributed by atoms with E-state index in [1.54, 1.807) is 51.3 Å². The topological polar surface area (TPSA) is 95.5 Å². The fourth-order valence-corrected chi connectivity index (χ4v) is 4.95. The number of aromatic nitrogens is 1. The van der Waals surface area contributed by atoms with Crippen LogP contribution in [0.3, 0.4) is 0 Å². The Hall–Kier alpha value is -3.79. The predicted molar refractivity (Wildman–Crippen MR) is 133 cm³/mol. The molecule has 0 N–H and O–H groups in total. The fraction of sp³-hybridized carbons (Fsp3) is 0.320. The average Bonchev–Trinajstić information content (AvgIpc) is 3.42. The highest BCUT2D eigenvalue weighted by atomic mass is 32.1.